The topological polar surface area (TPSA) is 79.3 Å². The summed E-state index contributed by atoms with van der Waals surface area (Å²) >= 11 is 1.66. The van der Waals surface area contributed by atoms with Gasteiger partial charge in [-0.3, -0.25) is 9.59 Å². The molecule has 110 valence electrons. The van der Waals surface area contributed by atoms with Gasteiger partial charge in [-0.15, -0.1) is 11.3 Å². The summed E-state index contributed by atoms with van der Waals surface area (Å²) in [6.45, 7) is 4.55. The fourth-order valence-corrected chi connectivity index (χ4v) is 3.63. The number of carbonyl (C=O) groups is 2. The van der Waals surface area contributed by atoms with Crippen molar-refractivity contribution in [1.82, 2.24) is 10.3 Å². The van der Waals surface area contributed by atoms with Crippen LogP contribution in [-0.4, -0.2) is 28.5 Å². The van der Waals surface area contributed by atoms with Gasteiger partial charge in [-0.05, 0) is 33.1 Å². The van der Waals surface area contributed by atoms with E-state index in [2.05, 4.69) is 10.3 Å². The number of carboxylic acid groups (broad SMARTS) is 1. The van der Waals surface area contributed by atoms with Crippen molar-refractivity contribution in [2.24, 2.45) is 11.8 Å². The second kappa shape index (κ2) is 6.35. The standard InChI is InChI=1S/C14H20N2O3S/c1-8-12(20-9(2)16-8)5-6-15-13(17)10-3-4-11(7-10)14(18)19/h10-11H,3-7H2,1-2H3,(H,15,17)(H,18,19)/t10-,11+/m1/s1. The molecule has 0 bridgehead atoms. The lowest BCUT2D eigenvalue weighted by Gasteiger charge is -2.10. The molecule has 1 aliphatic rings. The quantitative estimate of drug-likeness (QED) is 0.870. The summed E-state index contributed by atoms with van der Waals surface area (Å²) in [5.41, 5.74) is 1.04. The summed E-state index contributed by atoms with van der Waals surface area (Å²) < 4.78 is 0. The summed E-state index contributed by atoms with van der Waals surface area (Å²) in [6.07, 6.45) is 2.56. The van der Waals surface area contributed by atoms with E-state index in [9.17, 15) is 9.59 Å². The maximum atomic E-state index is 12.0. The third-order valence-corrected chi connectivity index (χ3v) is 4.94. The molecule has 1 saturated carbocycles. The van der Waals surface area contributed by atoms with Gasteiger partial charge in [-0.2, -0.15) is 0 Å². The van der Waals surface area contributed by atoms with Crippen LogP contribution in [0, 0.1) is 25.7 Å². The molecule has 2 rings (SSSR count). The van der Waals surface area contributed by atoms with E-state index in [1.807, 2.05) is 13.8 Å². The number of thiazole rings is 1. The molecular formula is C14H20N2O3S. The molecule has 1 amide bonds. The highest BCUT2D eigenvalue weighted by molar-refractivity contribution is 7.11. The highest BCUT2D eigenvalue weighted by atomic mass is 32.1. The lowest BCUT2D eigenvalue weighted by atomic mass is 10.0. The Bertz CT molecular complexity index is 513. The monoisotopic (exact) mass is 296 g/mol. The highest BCUT2D eigenvalue weighted by Crippen LogP contribution is 2.31. The van der Waals surface area contributed by atoms with Crippen LogP contribution < -0.4 is 5.32 Å². The molecule has 2 atom stereocenters. The highest BCUT2D eigenvalue weighted by Gasteiger charge is 2.33. The van der Waals surface area contributed by atoms with Gasteiger partial charge in [0, 0.05) is 23.8 Å². The number of hydrogen-bond donors (Lipinski definition) is 2. The van der Waals surface area contributed by atoms with Gasteiger partial charge in [0.25, 0.3) is 0 Å². The maximum Gasteiger partial charge on any atom is 0.306 e. The van der Waals surface area contributed by atoms with Crippen LogP contribution in [0.2, 0.25) is 0 Å². The number of amides is 1. The molecule has 1 aromatic heterocycles. The first-order valence-corrected chi connectivity index (χ1v) is 7.72. The van der Waals surface area contributed by atoms with E-state index in [1.165, 1.54) is 4.88 Å². The molecule has 0 unspecified atom stereocenters. The van der Waals surface area contributed by atoms with E-state index < -0.39 is 5.97 Å². The van der Waals surface area contributed by atoms with E-state index >= 15 is 0 Å². The fraction of sp³-hybridized carbons (Fsp3) is 0.643. The van der Waals surface area contributed by atoms with Gasteiger partial charge in [0.15, 0.2) is 0 Å². The minimum absolute atomic E-state index is 0.00681. The molecule has 0 aliphatic heterocycles. The Morgan fingerprint density at radius 1 is 1.35 bits per heavy atom. The third-order valence-electron chi connectivity index (χ3n) is 3.80. The van der Waals surface area contributed by atoms with Gasteiger partial charge in [0.1, 0.15) is 0 Å². The Morgan fingerprint density at radius 3 is 2.60 bits per heavy atom. The zero-order valence-corrected chi connectivity index (χ0v) is 12.6. The predicted octanol–water partition coefficient (Wildman–Crippen LogP) is 1.92. The normalized spacial score (nSPS) is 21.9. The van der Waals surface area contributed by atoms with E-state index in [1.54, 1.807) is 11.3 Å². The average Bonchev–Trinajstić information content (AvgIpc) is 2.97. The van der Waals surface area contributed by atoms with E-state index in [0.29, 0.717) is 25.8 Å². The van der Waals surface area contributed by atoms with Gasteiger partial charge in [-0.25, -0.2) is 4.98 Å². The molecule has 20 heavy (non-hydrogen) atoms. The van der Waals surface area contributed by atoms with Crippen molar-refractivity contribution in [1.29, 1.82) is 0 Å². The van der Waals surface area contributed by atoms with Crippen LogP contribution in [0.1, 0.15) is 34.8 Å². The second-order valence-electron chi connectivity index (χ2n) is 5.33. The van der Waals surface area contributed by atoms with Crippen molar-refractivity contribution in [3.8, 4) is 0 Å². The third kappa shape index (κ3) is 3.56. The minimum Gasteiger partial charge on any atom is -0.481 e. The molecular weight excluding hydrogens is 276 g/mol. The molecule has 2 N–H and O–H groups in total. The zero-order chi connectivity index (χ0) is 14.7. The molecule has 6 heteroatoms. The summed E-state index contributed by atoms with van der Waals surface area (Å²) in [6, 6.07) is 0. The number of carboxylic acids is 1. The summed E-state index contributed by atoms with van der Waals surface area (Å²) in [4.78, 5) is 28.4. The smallest absolute Gasteiger partial charge is 0.306 e. The Hall–Kier alpha value is -1.43. The van der Waals surface area contributed by atoms with E-state index in [4.69, 9.17) is 5.11 Å². The van der Waals surface area contributed by atoms with Gasteiger partial charge in [0.05, 0.1) is 16.6 Å². The fourth-order valence-electron chi connectivity index (χ4n) is 2.69. The Labute approximate surface area is 122 Å². The van der Waals surface area contributed by atoms with Gasteiger partial charge < -0.3 is 10.4 Å². The van der Waals surface area contributed by atoms with Crippen LogP contribution in [0.15, 0.2) is 0 Å². The first kappa shape index (κ1) is 15.0. The van der Waals surface area contributed by atoms with Crippen LogP contribution in [-0.2, 0) is 16.0 Å². The summed E-state index contributed by atoms with van der Waals surface area (Å²) in [7, 11) is 0. The van der Waals surface area contributed by atoms with Crippen molar-refractivity contribution in [3.63, 3.8) is 0 Å². The molecule has 1 aliphatic carbocycles. The molecule has 0 saturated heterocycles. The zero-order valence-electron chi connectivity index (χ0n) is 11.8. The first-order chi connectivity index (χ1) is 9.47. The van der Waals surface area contributed by atoms with Crippen molar-refractivity contribution >= 4 is 23.2 Å². The molecule has 0 spiro atoms. The lowest BCUT2D eigenvalue weighted by molar-refractivity contribution is -0.141. The van der Waals surface area contributed by atoms with Crippen molar-refractivity contribution in [3.05, 3.63) is 15.6 Å². The second-order valence-corrected chi connectivity index (χ2v) is 6.62. The molecule has 1 heterocycles. The van der Waals surface area contributed by atoms with Crippen LogP contribution >= 0.6 is 11.3 Å². The van der Waals surface area contributed by atoms with Crippen molar-refractivity contribution in [2.45, 2.75) is 39.5 Å². The van der Waals surface area contributed by atoms with E-state index in [-0.39, 0.29) is 17.7 Å². The van der Waals surface area contributed by atoms with Crippen LogP contribution in [0.5, 0.6) is 0 Å². The van der Waals surface area contributed by atoms with Crippen molar-refractivity contribution in [2.75, 3.05) is 6.54 Å². The van der Waals surface area contributed by atoms with Gasteiger partial charge in [-0.1, -0.05) is 0 Å². The maximum absolute atomic E-state index is 12.0. The number of carbonyl (C=O) groups excluding carboxylic acids is 1. The van der Waals surface area contributed by atoms with Gasteiger partial charge in [0.2, 0.25) is 5.91 Å². The number of rotatable bonds is 5. The molecule has 0 aromatic carbocycles. The Kier molecular flexibility index (Phi) is 4.75. The molecule has 1 fully saturated rings. The summed E-state index contributed by atoms with van der Waals surface area (Å²) in [5, 5.41) is 12.9. The average molecular weight is 296 g/mol. The molecule has 0 radical (unpaired) electrons. The van der Waals surface area contributed by atoms with E-state index in [0.717, 1.165) is 17.1 Å². The molecule has 5 nitrogen and oxygen atoms in total. The lowest BCUT2D eigenvalue weighted by Crippen LogP contribution is -2.31. The predicted molar refractivity (Wildman–Crippen MR) is 76.8 cm³/mol. The number of aliphatic carboxylic acids is 1. The molecule has 1 aromatic rings. The number of nitrogens with one attached hydrogen (secondary N) is 1. The minimum atomic E-state index is -0.781. The van der Waals surface area contributed by atoms with Gasteiger partial charge >= 0.3 is 5.97 Å². The largest absolute Gasteiger partial charge is 0.481 e. The SMILES string of the molecule is Cc1nc(C)c(CCNC(=O)[C@@H]2CC[C@H](C(=O)O)C2)s1. The van der Waals surface area contributed by atoms with Crippen LogP contribution in [0.25, 0.3) is 0 Å². The number of aromatic nitrogens is 1. The number of aryl methyl sites for hydroxylation is 2. The number of nitrogens with zero attached hydrogens (tertiary/aromatic N) is 1. The van der Waals surface area contributed by atoms with Crippen LogP contribution in [0.3, 0.4) is 0 Å². The Morgan fingerprint density at radius 2 is 2.05 bits per heavy atom. The summed E-state index contributed by atoms with van der Waals surface area (Å²) in [5.74, 6) is -1.28. The van der Waals surface area contributed by atoms with Crippen molar-refractivity contribution < 1.29 is 14.7 Å². The van der Waals surface area contributed by atoms with Crippen LogP contribution in [0.4, 0.5) is 0 Å². The first-order valence-electron chi connectivity index (χ1n) is 6.90. The number of hydrogen-bond acceptors (Lipinski definition) is 4. The Balaban J connectivity index is 1.76.